The summed E-state index contributed by atoms with van der Waals surface area (Å²) in [5, 5.41) is 11.4. The Labute approximate surface area is 184 Å². The van der Waals surface area contributed by atoms with E-state index in [2.05, 4.69) is 9.97 Å². The maximum Gasteiger partial charge on any atom is 0.260 e. The number of imidazole rings is 1. The van der Waals surface area contributed by atoms with Crippen LogP contribution in [0.4, 0.5) is 10.2 Å². The fourth-order valence-electron chi connectivity index (χ4n) is 3.45. The van der Waals surface area contributed by atoms with E-state index in [1.165, 1.54) is 38.2 Å². The van der Waals surface area contributed by atoms with Gasteiger partial charge in [-0.2, -0.15) is 0 Å². The number of ether oxygens (including phenoxy) is 1. The van der Waals surface area contributed by atoms with Crippen molar-refractivity contribution in [2.45, 2.75) is 39.4 Å². The molecule has 0 spiro atoms. The number of amides is 1. The molecular formula is C21H25ClFN5O3. The molecule has 3 N–H and O–H groups in total. The first-order valence-electron chi connectivity index (χ1n) is 9.60. The Morgan fingerprint density at radius 1 is 1.42 bits per heavy atom. The fourth-order valence-corrected chi connectivity index (χ4v) is 3.65. The monoisotopic (exact) mass is 449 g/mol. The molecule has 0 saturated carbocycles. The summed E-state index contributed by atoms with van der Waals surface area (Å²) in [6, 6.07) is 1.25. The lowest BCUT2D eigenvalue weighted by atomic mass is 9.91. The van der Waals surface area contributed by atoms with Crippen LogP contribution < -0.4 is 10.5 Å². The summed E-state index contributed by atoms with van der Waals surface area (Å²) in [6.45, 7) is 6.67. The van der Waals surface area contributed by atoms with Gasteiger partial charge in [-0.25, -0.2) is 14.4 Å². The smallest absolute Gasteiger partial charge is 0.260 e. The number of hydrogen-bond donors (Lipinski definition) is 2. The van der Waals surface area contributed by atoms with Crippen molar-refractivity contribution in [3.05, 3.63) is 51.9 Å². The van der Waals surface area contributed by atoms with Crippen LogP contribution in [-0.2, 0) is 5.60 Å². The lowest BCUT2D eigenvalue weighted by Crippen LogP contribution is -2.30. The lowest BCUT2D eigenvalue weighted by Gasteiger charge is -2.28. The second kappa shape index (κ2) is 7.97. The molecule has 3 aromatic rings. The number of anilines is 1. The van der Waals surface area contributed by atoms with Gasteiger partial charge in [-0.3, -0.25) is 9.20 Å². The molecule has 1 amide bonds. The zero-order chi connectivity index (χ0) is 23.2. The van der Waals surface area contributed by atoms with E-state index in [9.17, 15) is 9.90 Å². The zero-order valence-electron chi connectivity index (χ0n) is 18.2. The zero-order valence-corrected chi connectivity index (χ0v) is 19.0. The third kappa shape index (κ3) is 3.79. The molecule has 31 heavy (non-hydrogen) atoms. The van der Waals surface area contributed by atoms with Gasteiger partial charge in [0.1, 0.15) is 34.1 Å². The standard InChI is InChI=1S/C21H25ClFN5O3/c1-10(2)31-17-12(9-13(22)15(23)14(17)19(29)27(5)6)21(4,30)20-26-11(3)16-18(24)25-7-8-28(16)20/h7-10,30H,1-6H3,(H2,24,25). The highest BCUT2D eigenvalue weighted by atomic mass is 35.5. The van der Waals surface area contributed by atoms with Gasteiger partial charge in [0, 0.05) is 32.1 Å². The molecule has 10 heteroatoms. The van der Waals surface area contributed by atoms with E-state index in [4.69, 9.17) is 22.1 Å². The molecule has 0 aliphatic carbocycles. The molecule has 0 aliphatic rings. The number of carbonyl (C=O) groups is 1. The number of nitrogen functional groups attached to an aromatic ring is 1. The summed E-state index contributed by atoms with van der Waals surface area (Å²) in [7, 11) is 2.97. The lowest BCUT2D eigenvalue weighted by molar-refractivity contribution is 0.0791. The molecule has 1 unspecified atom stereocenters. The van der Waals surface area contributed by atoms with Crippen LogP contribution in [0.15, 0.2) is 18.5 Å². The summed E-state index contributed by atoms with van der Waals surface area (Å²) in [5.41, 5.74) is 4.98. The topological polar surface area (TPSA) is 106 Å². The van der Waals surface area contributed by atoms with Gasteiger partial charge in [0.2, 0.25) is 0 Å². The van der Waals surface area contributed by atoms with Gasteiger partial charge in [0.05, 0.1) is 16.8 Å². The Hall–Kier alpha value is -2.91. The molecule has 0 bridgehead atoms. The number of aliphatic hydroxyl groups is 1. The Balaban J connectivity index is 2.39. The van der Waals surface area contributed by atoms with Gasteiger partial charge in [-0.1, -0.05) is 11.6 Å². The van der Waals surface area contributed by atoms with Gasteiger partial charge in [0.25, 0.3) is 5.91 Å². The summed E-state index contributed by atoms with van der Waals surface area (Å²) in [6.07, 6.45) is 2.67. The summed E-state index contributed by atoms with van der Waals surface area (Å²) in [5.74, 6) is -1.24. The van der Waals surface area contributed by atoms with Crippen LogP contribution in [0.1, 0.15) is 48.2 Å². The summed E-state index contributed by atoms with van der Waals surface area (Å²) < 4.78 is 22.5. The second-order valence-electron chi connectivity index (χ2n) is 7.91. The highest BCUT2D eigenvalue weighted by Crippen LogP contribution is 2.42. The number of halogens is 2. The predicted octanol–water partition coefficient (Wildman–Crippen LogP) is 3.16. The van der Waals surface area contributed by atoms with Crippen LogP contribution in [0.2, 0.25) is 5.02 Å². The summed E-state index contributed by atoms with van der Waals surface area (Å²) >= 11 is 6.15. The number of aryl methyl sites for hydroxylation is 1. The number of aromatic nitrogens is 3. The number of benzene rings is 1. The Kier molecular flexibility index (Phi) is 5.86. The molecule has 1 atom stereocenters. The summed E-state index contributed by atoms with van der Waals surface area (Å²) in [4.78, 5) is 22.6. The number of fused-ring (bicyclic) bond motifs is 1. The number of rotatable bonds is 5. The molecule has 3 rings (SSSR count). The Morgan fingerprint density at radius 3 is 2.65 bits per heavy atom. The molecule has 0 radical (unpaired) electrons. The van der Waals surface area contributed by atoms with Crippen LogP contribution >= 0.6 is 11.6 Å². The van der Waals surface area contributed by atoms with Gasteiger partial charge >= 0.3 is 0 Å². The van der Waals surface area contributed by atoms with Crippen LogP contribution in [0, 0.1) is 12.7 Å². The van der Waals surface area contributed by atoms with Crippen LogP contribution in [0.5, 0.6) is 5.75 Å². The van der Waals surface area contributed by atoms with Gasteiger partial charge in [-0.15, -0.1) is 0 Å². The maximum absolute atomic E-state index is 15.0. The van der Waals surface area contributed by atoms with Crippen molar-refractivity contribution in [3.63, 3.8) is 0 Å². The number of nitrogens with two attached hydrogens (primary N) is 1. The van der Waals surface area contributed by atoms with Crippen molar-refractivity contribution in [3.8, 4) is 5.75 Å². The highest BCUT2D eigenvalue weighted by Gasteiger charge is 2.39. The van der Waals surface area contributed by atoms with Crippen molar-refractivity contribution < 1.29 is 19.0 Å². The van der Waals surface area contributed by atoms with Crippen molar-refractivity contribution in [1.29, 1.82) is 0 Å². The van der Waals surface area contributed by atoms with Gasteiger partial charge < -0.3 is 20.5 Å². The Bertz CT molecular complexity index is 1170. The molecule has 8 nitrogen and oxygen atoms in total. The van der Waals surface area contributed by atoms with Crippen molar-refractivity contribution in [2.75, 3.05) is 19.8 Å². The van der Waals surface area contributed by atoms with Gasteiger partial charge in [0.15, 0.2) is 5.82 Å². The van der Waals surface area contributed by atoms with E-state index in [1.807, 2.05) is 0 Å². The largest absolute Gasteiger partial charge is 0.490 e. The van der Waals surface area contributed by atoms with Crippen LogP contribution in [0.25, 0.3) is 5.52 Å². The van der Waals surface area contributed by atoms with E-state index in [1.54, 1.807) is 31.4 Å². The average molecular weight is 450 g/mol. The van der Waals surface area contributed by atoms with Crippen molar-refractivity contribution in [2.24, 2.45) is 0 Å². The van der Waals surface area contributed by atoms with E-state index in [0.717, 1.165) is 0 Å². The highest BCUT2D eigenvalue weighted by molar-refractivity contribution is 6.31. The Morgan fingerprint density at radius 2 is 2.06 bits per heavy atom. The molecule has 1 aromatic carbocycles. The minimum Gasteiger partial charge on any atom is -0.490 e. The van der Waals surface area contributed by atoms with Crippen molar-refractivity contribution >= 4 is 28.8 Å². The number of hydrogen-bond acceptors (Lipinski definition) is 6. The fraction of sp³-hybridized carbons (Fsp3) is 0.381. The molecular weight excluding hydrogens is 425 g/mol. The van der Waals surface area contributed by atoms with Crippen molar-refractivity contribution in [1.82, 2.24) is 19.3 Å². The average Bonchev–Trinajstić information content (AvgIpc) is 3.02. The minimum atomic E-state index is -1.83. The molecule has 0 aliphatic heterocycles. The first-order valence-corrected chi connectivity index (χ1v) is 9.98. The number of carbonyl (C=O) groups excluding carboxylic acids is 1. The van der Waals surface area contributed by atoms with E-state index in [0.29, 0.717) is 11.2 Å². The molecule has 0 saturated heterocycles. The number of nitrogens with zero attached hydrogens (tertiary/aromatic N) is 4. The van der Waals surface area contributed by atoms with E-state index in [-0.39, 0.29) is 33.5 Å². The first-order chi connectivity index (χ1) is 14.4. The minimum absolute atomic E-state index is 0.0973. The van der Waals surface area contributed by atoms with E-state index < -0.39 is 23.4 Å². The normalized spacial score (nSPS) is 13.5. The molecule has 0 fully saturated rings. The first kappa shape index (κ1) is 22.8. The second-order valence-corrected chi connectivity index (χ2v) is 8.32. The molecule has 166 valence electrons. The molecule has 2 aromatic heterocycles. The van der Waals surface area contributed by atoms with Crippen LogP contribution in [0.3, 0.4) is 0 Å². The SMILES string of the molecule is Cc1nc(C(C)(O)c2cc(Cl)c(F)c(C(=O)N(C)C)c2OC(C)C)n2ccnc(N)c12. The van der Waals surface area contributed by atoms with Crippen LogP contribution in [-0.4, -0.2) is 50.5 Å². The third-order valence-corrected chi connectivity index (χ3v) is 5.14. The van der Waals surface area contributed by atoms with E-state index >= 15 is 4.39 Å². The van der Waals surface area contributed by atoms with Gasteiger partial charge in [-0.05, 0) is 33.8 Å². The molecule has 2 heterocycles. The maximum atomic E-state index is 15.0. The third-order valence-electron chi connectivity index (χ3n) is 4.86. The predicted molar refractivity (Wildman–Crippen MR) is 116 cm³/mol. The quantitative estimate of drug-likeness (QED) is 0.619.